The number of likely N-dealkylation sites (tertiary alicyclic amines) is 1. The van der Waals surface area contributed by atoms with Crippen LogP contribution in [0, 0.1) is 5.82 Å². The van der Waals surface area contributed by atoms with E-state index in [1.165, 1.54) is 31.0 Å². The van der Waals surface area contributed by atoms with E-state index in [2.05, 4.69) is 10.3 Å². The monoisotopic (exact) mass is 490 g/mol. The molecule has 0 bridgehead atoms. The fourth-order valence-electron chi connectivity index (χ4n) is 3.93. The number of hydrogen-bond acceptors (Lipinski definition) is 8. The standard InChI is InChI=1S/C22H23FN4O4S2/c1-31-18(28)12-32-21-24-9-16(13-4-6-15(23)7-5-13)19(26-21)14-3-2-8-27(10-14)20(29)17-11-33-22(30)25-17/h4-7,9,14,17H,2-3,8,10-12H2,1H3,(H,25,30)/t14?,17-/m0/s1. The minimum atomic E-state index is -0.505. The smallest absolute Gasteiger partial charge is 0.316 e. The molecule has 1 aromatic heterocycles. The van der Waals surface area contributed by atoms with Crippen molar-refractivity contribution in [1.29, 1.82) is 0 Å². The SMILES string of the molecule is COC(=O)CSc1ncc(-c2ccc(F)cc2)c(C2CCCN(C(=O)[C@@H]3CSC(=O)N3)C2)n1. The molecular weight excluding hydrogens is 467 g/mol. The van der Waals surface area contributed by atoms with E-state index in [1.54, 1.807) is 23.2 Å². The average Bonchev–Trinajstić information content (AvgIpc) is 3.28. The molecular formula is C22H23FN4O4S2. The van der Waals surface area contributed by atoms with Gasteiger partial charge in [0.2, 0.25) is 5.91 Å². The number of amides is 2. The predicted octanol–water partition coefficient (Wildman–Crippen LogP) is 3.08. The van der Waals surface area contributed by atoms with E-state index in [0.29, 0.717) is 24.0 Å². The zero-order chi connectivity index (χ0) is 23.4. The van der Waals surface area contributed by atoms with Crippen LogP contribution in [0.25, 0.3) is 11.1 Å². The highest BCUT2D eigenvalue weighted by Crippen LogP contribution is 2.34. The molecule has 0 saturated carbocycles. The molecule has 2 aromatic rings. The summed E-state index contributed by atoms with van der Waals surface area (Å²) >= 11 is 2.30. The van der Waals surface area contributed by atoms with Crippen molar-refractivity contribution in [2.45, 2.75) is 30.0 Å². The second kappa shape index (κ2) is 10.5. The Hall–Kier alpha value is -2.66. The Morgan fingerprint density at radius 3 is 2.82 bits per heavy atom. The summed E-state index contributed by atoms with van der Waals surface area (Å²) in [6.45, 7) is 1.08. The number of methoxy groups -OCH3 is 1. The first-order chi connectivity index (χ1) is 15.9. The summed E-state index contributed by atoms with van der Waals surface area (Å²) in [5, 5.41) is 2.97. The molecule has 2 atom stereocenters. The molecule has 2 aliphatic heterocycles. The third-order valence-corrected chi connectivity index (χ3v) is 7.30. The summed E-state index contributed by atoms with van der Waals surface area (Å²) in [4.78, 5) is 46.9. The van der Waals surface area contributed by atoms with Crippen molar-refractivity contribution in [3.05, 3.63) is 42.0 Å². The van der Waals surface area contributed by atoms with Gasteiger partial charge in [0.25, 0.3) is 5.24 Å². The van der Waals surface area contributed by atoms with Crippen molar-refractivity contribution in [3.8, 4) is 11.1 Å². The highest BCUT2D eigenvalue weighted by Gasteiger charge is 2.35. The third kappa shape index (κ3) is 5.64. The van der Waals surface area contributed by atoms with Crippen LogP contribution >= 0.6 is 23.5 Å². The van der Waals surface area contributed by atoms with Crippen LogP contribution in [0.15, 0.2) is 35.6 Å². The predicted molar refractivity (Wildman–Crippen MR) is 123 cm³/mol. The molecule has 2 aliphatic rings. The van der Waals surface area contributed by atoms with Gasteiger partial charge in [0.15, 0.2) is 5.16 Å². The molecule has 1 N–H and O–H groups in total. The Balaban J connectivity index is 1.61. The summed E-state index contributed by atoms with van der Waals surface area (Å²) in [6.07, 6.45) is 3.30. The molecule has 4 rings (SSSR count). The largest absolute Gasteiger partial charge is 0.468 e. The fourth-order valence-corrected chi connectivity index (χ4v) is 5.36. The van der Waals surface area contributed by atoms with E-state index in [4.69, 9.17) is 9.72 Å². The number of nitrogens with zero attached hydrogens (tertiary/aromatic N) is 3. The summed E-state index contributed by atoms with van der Waals surface area (Å²) in [7, 11) is 1.33. The van der Waals surface area contributed by atoms with Crippen molar-refractivity contribution in [2.24, 2.45) is 0 Å². The molecule has 3 heterocycles. The van der Waals surface area contributed by atoms with Gasteiger partial charge in [-0.15, -0.1) is 0 Å². The molecule has 174 valence electrons. The van der Waals surface area contributed by atoms with E-state index in [9.17, 15) is 18.8 Å². The Kier molecular flexibility index (Phi) is 7.49. The zero-order valence-electron chi connectivity index (χ0n) is 18.0. The number of rotatable bonds is 6. The van der Waals surface area contributed by atoms with Gasteiger partial charge in [-0.2, -0.15) is 0 Å². The highest BCUT2D eigenvalue weighted by atomic mass is 32.2. The second-order valence-electron chi connectivity index (χ2n) is 7.74. The van der Waals surface area contributed by atoms with Crippen molar-refractivity contribution in [2.75, 3.05) is 31.7 Å². The first-order valence-corrected chi connectivity index (χ1v) is 12.5. The first kappa shape index (κ1) is 23.5. The molecule has 0 spiro atoms. The van der Waals surface area contributed by atoms with Gasteiger partial charge in [-0.3, -0.25) is 14.4 Å². The molecule has 11 heteroatoms. The highest BCUT2D eigenvalue weighted by molar-refractivity contribution is 8.14. The normalized spacial score (nSPS) is 20.4. The Morgan fingerprint density at radius 1 is 1.33 bits per heavy atom. The van der Waals surface area contributed by atoms with Crippen LogP contribution in [0.1, 0.15) is 24.5 Å². The Bertz CT molecular complexity index is 1050. The summed E-state index contributed by atoms with van der Waals surface area (Å²) < 4.78 is 18.2. The molecule has 2 saturated heterocycles. The summed E-state index contributed by atoms with van der Waals surface area (Å²) in [5.41, 5.74) is 2.30. The summed E-state index contributed by atoms with van der Waals surface area (Å²) in [5.74, 6) is -0.346. The number of piperidine rings is 1. The van der Waals surface area contributed by atoms with E-state index in [1.807, 2.05) is 0 Å². The molecule has 33 heavy (non-hydrogen) atoms. The van der Waals surface area contributed by atoms with Gasteiger partial charge in [0.05, 0.1) is 18.6 Å². The number of nitrogens with one attached hydrogen (secondary N) is 1. The zero-order valence-corrected chi connectivity index (χ0v) is 19.6. The molecule has 1 aromatic carbocycles. The number of carbonyl (C=O) groups is 3. The van der Waals surface area contributed by atoms with Crippen LogP contribution in [0.5, 0.6) is 0 Å². The van der Waals surface area contributed by atoms with Crippen LogP contribution in [0.3, 0.4) is 0 Å². The van der Waals surface area contributed by atoms with Gasteiger partial charge in [-0.25, -0.2) is 14.4 Å². The number of ether oxygens (including phenoxy) is 1. The molecule has 1 unspecified atom stereocenters. The number of aromatic nitrogens is 2. The summed E-state index contributed by atoms with van der Waals surface area (Å²) in [6, 6.07) is 5.62. The van der Waals surface area contributed by atoms with Crippen molar-refractivity contribution in [1.82, 2.24) is 20.2 Å². The molecule has 2 amide bonds. The topological polar surface area (TPSA) is 101 Å². The van der Waals surface area contributed by atoms with Gasteiger partial charge in [-0.1, -0.05) is 35.7 Å². The Morgan fingerprint density at radius 2 is 2.12 bits per heavy atom. The van der Waals surface area contributed by atoms with Crippen LogP contribution < -0.4 is 5.32 Å². The van der Waals surface area contributed by atoms with E-state index in [0.717, 1.165) is 41.4 Å². The maximum atomic E-state index is 13.5. The second-order valence-corrected chi connectivity index (χ2v) is 9.68. The van der Waals surface area contributed by atoms with Gasteiger partial charge in [0.1, 0.15) is 11.9 Å². The van der Waals surface area contributed by atoms with E-state index in [-0.39, 0.29) is 34.6 Å². The molecule has 0 radical (unpaired) electrons. The molecule has 0 aliphatic carbocycles. The van der Waals surface area contributed by atoms with Crippen molar-refractivity contribution < 1.29 is 23.5 Å². The van der Waals surface area contributed by atoms with E-state index >= 15 is 0 Å². The van der Waals surface area contributed by atoms with Gasteiger partial charge < -0.3 is 15.0 Å². The lowest BCUT2D eigenvalue weighted by atomic mass is 9.89. The maximum Gasteiger partial charge on any atom is 0.316 e. The number of thioether (sulfide) groups is 2. The van der Waals surface area contributed by atoms with Crippen LogP contribution in [0.2, 0.25) is 0 Å². The van der Waals surface area contributed by atoms with Crippen molar-refractivity contribution >= 4 is 40.6 Å². The fraction of sp³-hybridized carbons (Fsp3) is 0.409. The van der Waals surface area contributed by atoms with Crippen molar-refractivity contribution in [3.63, 3.8) is 0 Å². The van der Waals surface area contributed by atoms with Crippen LogP contribution in [-0.2, 0) is 14.3 Å². The third-order valence-electron chi connectivity index (χ3n) is 5.59. The van der Waals surface area contributed by atoms with Crippen LogP contribution in [0.4, 0.5) is 9.18 Å². The molecule has 8 nitrogen and oxygen atoms in total. The lowest BCUT2D eigenvalue weighted by Crippen LogP contribution is -2.49. The average molecular weight is 491 g/mol. The van der Waals surface area contributed by atoms with E-state index < -0.39 is 6.04 Å². The molecule has 2 fully saturated rings. The lowest BCUT2D eigenvalue weighted by Gasteiger charge is -2.34. The number of benzene rings is 1. The number of carbonyl (C=O) groups excluding carboxylic acids is 3. The van der Waals surface area contributed by atoms with Gasteiger partial charge in [-0.05, 0) is 30.5 Å². The first-order valence-electron chi connectivity index (χ1n) is 10.5. The number of halogens is 1. The number of esters is 1. The lowest BCUT2D eigenvalue weighted by molar-refractivity contribution is -0.137. The van der Waals surface area contributed by atoms with Gasteiger partial charge >= 0.3 is 5.97 Å². The minimum Gasteiger partial charge on any atom is -0.468 e. The minimum absolute atomic E-state index is 0.0620. The van der Waals surface area contributed by atoms with Crippen LogP contribution in [-0.4, -0.2) is 69.7 Å². The number of hydrogen-bond donors (Lipinski definition) is 1. The quantitative estimate of drug-likeness (QED) is 0.375. The van der Waals surface area contributed by atoms with Gasteiger partial charge in [0, 0.05) is 36.5 Å². The maximum absolute atomic E-state index is 13.5. The Labute approximate surface area is 199 Å².